The van der Waals surface area contributed by atoms with Crippen LogP contribution in [0.2, 0.25) is 0 Å². The van der Waals surface area contributed by atoms with Crippen LogP contribution in [0.25, 0.3) is 0 Å². The maximum absolute atomic E-state index is 12.9. The fraction of sp³-hybridized carbons (Fsp3) is 0.667. The van der Waals surface area contributed by atoms with Crippen molar-refractivity contribution >= 4 is 11.8 Å². The van der Waals surface area contributed by atoms with Gasteiger partial charge in [0.2, 0.25) is 11.8 Å². The second-order valence-electron chi connectivity index (χ2n) is 7.42. The van der Waals surface area contributed by atoms with Crippen molar-refractivity contribution in [3.05, 3.63) is 24.5 Å². The van der Waals surface area contributed by atoms with Crippen molar-refractivity contribution in [1.82, 2.24) is 14.4 Å². The molecule has 3 aliphatic rings. The highest BCUT2D eigenvalue weighted by atomic mass is 16.2. The lowest BCUT2D eigenvalue weighted by atomic mass is 9.76. The monoisotopic (exact) mass is 315 g/mol. The van der Waals surface area contributed by atoms with Crippen molar-refractivity contribution < 1.29 is 9.59 Å². The molecule has 0 N–H and O–H groups in total. The normalized spacial score (nSPS) is 31.7. The fourth-order valence-corrected chi connectivity index (χ4v) is 4.79. The van der Waals surface area contributed by atoms with Crippen LogP contribution in [0, 0.1) is 11.8 Å². The van der Waals surface area contributed by atoms with E-state index < -0.39 is 0 Å². The third kappa shape index (κ3) is 2.56. The molecule has 0 radical (unpaired) electrons. The minimum atomic E-state index is -0.145. The smallest absolute Gasteiger partial charge is 0.245 e. The number of amides is 2. The molecular weight excluding hydrogens is 290 g/mol. The number of hydrogen-bond donors (Lipinski definition) is 0. The van der Waals surface area contributed by atoms with Crippen LogP contribution in [0.3, 0.4) is 0 Å². The Morgan fingerprint density at radius 2 is 2.00 bits per heavy atom. The van der Waals surface area contributed by atoms with E-state index in [2.05, 4.69) is 9.80 Å². The molecule has 1 aromatic heterocycles. The summed E-state index contributed by atoms with van der Waals surface area (Å²) in [4.78, 5) is 29.2. The SMILES string of the molecule is C[C@@H](C(=O)N1C[C@H]2C[C@@H](C1)[C@H]1CCCC(=O)N1C2)n1cccc1. The summed E-state index contributed by atoms with van der Waals surface area (Å²) in [5.74, 6) is 1.46. The van der Waals surface area contributed by atoms with Gasteiger partial charge in [-0.05, 0) is 50.2 Å². The molecule has 0 unspecified atom stereocenters. The van der Waals surface area contributed by atoms with Crippen LogP contribution in [0.4, 0.5) is 0 Å². The Kier molecular flexibility index (Phi) is 3.66. The van der Waals surface area contributed by atoms with Gasteiger partial charge in [-0.3, -0.25) is 9.59 Å². The third-order valence-corrected chi connectivity index (χ3v) is 5.92. The molecule has 124 valence electrons. The van der Waals surface area contributed by atoms with E-state index >= 15 is 0 Å². The molecule has 0 spiro atoms. The van der Waals surface area contributed by atoms with Gasteiger partial charge in [0.25, 0.3) is 0 Å². The number of carbonyl (C=O) groups excluding carboxylic acids is 2. The zero-order valence-electron chi connectivity index (χ0n) is 13.7. The molecule has 4 heterocycles. The van der Waals surface area contributed by atoms with Gasteiger partial charge in [-0.25, -0.2) is 0 Å². The minimum Gasteiger partial charge on any atom is -0.342 e. The lowest BCUT2D eigenvalue weighted by Crippen LogP contribution is -2.61. The Morgan fingerprint density at radius 1 is 1.22 bits per heavy atom. The van der Waals surface area contributed by atoms with E-state index in [-0.39, 0.29) is 11.9 Å². The predicted molar refractivity (Wildman–Crippen MR) is 86.7 cm³/mol. The summed E-state index contributed by atoms with van der Waals surface area (Å²) < 4.78 is 1.98. The number of piperidine rings is 3. The van der Waals surface area contributed by atoms with E-state index in [9.17, 15) is 9.59 Å². The van der Waals surface area contributed by atoms with Crippen LogP contribution in [-0.2, 0) is 9.59 Å². The lowest BCUT2D eigenvalue weighted by Gasteiger charge is -2.52. The van der Waals surface area contributed by atoms with E-state index in [1.165, 1.54) is 6.42 Å². The minimum absolute atomic E-state index is 0.145. The first kappa shape index (κ1) is 14.8. The number of rotatable bonds is 2. The first-order chi connectivity index (χ1) is 11.1. The van der Waals surface area contributed by atoms with Crippen LogP contribution < -0.4 is 0 Å². The Bertz CT molecular complexity index is 597. The molecule has 1 aromatic rings. The molecule has 4 atom stereocenters. The Labute approximate surface area is 137 Å². The number of nitrogens with zero attached hydrogens (tertiary/aromatic N) is 3. The fourth-order valence-electron chi connectivity index (χ4n) is 4.79. The number of hydrogen-bond acceptors (Lipinski definition) is 2. The van der Waals surface area contributed by atoms with Crippen LogP contribution >= 0.6 is 0 Å². The first-order valence-electron chi connectivity index (χ1n) is 8.84. The molecule has 5 nitrogen and oxygen atoms in total. The summed E-state index contributed by atoms with van der Waals surface area (Å²) in [5.41, 5.74) is 0. The van der Waals surface area contributed by atoms with E-state index in [1.54, 1.807) is 0 Å². The highest BCUT2D eigenvalue weighted by molar-refractivity contribution is 5.80. The lowest BCUT2D eigenvalue weighted by molar-refractivity contribution is -0.149. The molecular formula is C18H25N3O2. The summed E-state index contributed by atoms with van der Waals surface area (Å²) in [6, 6.07) is 4.14. The maximum Gasteiger partial charge on any atom is 0.245 e. The molecule has 3 fully saturated rings. The Hall–Kier alpha value is -1.78. The van der Waals surface area contributed by atoms with Crippen molar-refractivity contribution in [2.45, 2.75) is 44.7 Å². The molecule has 2 amide bonds. The molecule has 0 aromatic carbocycles. The molecule has 0 saturated carbocycles. The van der Waals surface area contributed by atoms with Gasteiger partial charge in [0, 0.05) is 44.5 Å². The summed E-state index contributed by atoms with van der Waals surface area (Å²) in [6.45, 7) is 4.44. The van der Waals surface area contributed by atoms with Crippen molar-refractivity contribution in [2.75, 3.05) is 19.6 Å². The van der Waals surface area contributed by atoms with Crippen molar-refractivity contribution in [2.24, 2.45) is 11.8 Å². The van der Waals surface area contributed by atoms with Crippen LogP contribution in [0.5, 0.6) is 0 Å². The molecule has 4 rings (SSSR count). The molecule has 3 saturated heterocycles. The van der Waals surface area contributed by atoms with Gasteiger partial charge in [0.15, 0.2) is 0 Å². The van der Waals surface area contributed by atoms with Gasteiger partial charge in [-0.15, -0.1) is 0 Å². The molecule has 5 heteroatoms. The topological polar surface area (TPSA) is 45.6 Å². The third-order valence-electron chi connectivity index (χ3n) is 5.92. The largest absolute Gasteiger partial charge is 0.342 e. The van der Waals surface area contributed by atoms with Crippen LogP contribution in [-0.4, -0.2) is 51.9 Å². The second-order valence-corrected chi connectivity index (χ2v) is 7.42. The zero-order chi connectivity index (χ0) is 16.0. The van der Waals surface area contributed by atoms with Crippen molar-refractivity contribution in [3.63, 3.8) is 0 Å². The van der Waals surface area contributed by atoms with Gasteiger partial charge in [0.1, 0.15) is 6.04 Å². The van der Waals surface area contributed by atoms with E-state index in [1.807, 2.05) is 36.0 Å². The number of likely N-dealkylation sites (tertiary alicyclic amines) is 1. The zero-order valence-corrected chi connectivity index (χ0v) is 13.7. The molecule has 23 heavy (non-hydrogen) atoms. The summed E-state index contributed by atoms with van der Waals surface area (Å²) in [5, 5.41) is 0. The molecule has 3 aliphatic heterocycles. The van der Waals surface area contributed by atoms with E-state index in [0.717, 1.165) is 32.5 Å². The quantitative estimate of drug-likeness (QED) is 0.837. The standard InChI is InChI=1S/C18H25N3O2/c1-13(19-7-2-3-8-19)18(23)20-10-14-9-15(12-20)16-5-4-6-17(22)21(16)11-14/h2-3,7-8,13-16H,4-6,9-12H2,1H3/t13-,14+,15-,16+/m0/s1. The molecule has 2 bridgehead atoms. The van der Waals surface area contributed by atoms with Crippen molar-refractivity contribution in [1.29, 1.82) is 0 Å². The van der Waals surface area contributed by atoms with E-state index in [4.69, 9.17) is 0 Å². The van der Waals surface area contributed by atoms with Gasteiger partial charge in [0.05, 0.1) is 0 Å². The summed E-state index contributed by atoms with van der Waals surface area (Å²) in [6.07, 6.45) is 7.91. The van der Waals surface area contributed by atoms with Crippen LogP contribution in [0.1, 0.15) is 38.6 Å². The van der Waals surface area contributed by atoms with Gasteiger partial charge >= 0.3 is 0 Å². The Morgan fingerprint density at radius 3 is 2.78 bits per heavy atom. The maximum atomic E-state index is 12.9. The second kappa shape index (κ2) is 5.69. The van der Waals surface area contributed by atoms with Gasteiger partial charge in [-0.2, -0.15) is 0 Å². The highest BCUT2D eigenvalue weighted by Crippen LogP contribution is 2.38. The van der Waals surface area contributed by atoms with E-state index in [0.29, 0.717) is 30.2 Å². The first-order valence-corrected chi connectivity index (χ1v) is 8.84. The van der Waals surface area contributed by atoms with Gasteiger partial charge < -0.3 is 14.4 Å². The summed E-state index contributed by atoms with van der Waals surface area (Å²) in [7, 11) is 0. The number of aromatic nitrogens is 1. The Balaban J connectivity index is 1.49. The highest BCUT2D eigenvalue weighted by Gasteiger charge is 2.45. The van der Waals surface area contributed by atoms with Crippen molar-refractivity contribution in [3.8, 4) is 0 Å². The van der Waals surface area contributed by atoms with Crippen LogP contribution in [0.15, 0.2) is 24.5 Å². The summed E-state index contributed by atoms with van der Waals surface area (Å²) >= 11 is 0. The number of fused-ring (bicyclic) bond motifs is 4. The average Bonchev–Trinajstić information content (AvgIpc) is 3.09. The average molecular weight is 315 g/mol. The predicted octanol–water partition coefficient (Wildman–Crippen LogP) is 1.91. The number of carbonyl (C=O) groups is 2. The van der Waals surface area contributed by atoms with Gasteiger partial charge in [-0.1, -0.05) is 0 Å². The molecule has 0 aliphatic carbocycles.